The highest BCUT2D eigenvalue weighted by Gasteiger charge is 2.05. The fourth-order valence-corrected chi connectivity index (χ4v) is 2.67. The highest BCUT2D eigenvalue weighted by molar-refractivity contribution is 7.09. The summed E-state index contributed by atoms with van der Waals surface area (Å²) in [6, 6.07) is 5.05. The second-order valence-corrected chi connectivity index (χ2v) is 5.80. The van der Waals surface area contributed by atoms with Crippen molar-refractivity contribution in [3.63, 3.8) is 0 Å². The van der Waals surface area contributed by atoms with Gasteiger partial charge in [0.2, 0.25) is 5.91 Å². The largest absolute Gasteiger partial charge is 0.273 e. The molecule has 0 fully saturated rings. The Morgan fingerprint density at radius 1 is 1.50 bits per heavy atom. The van der Waals surface area contributed by atoms with Crippen LogP contribution >= 0.6 is 34.5 Å². The first kappa shape index (κ1) is 15.0. The molecule has 0 saturated heterocycles. The van der Waals surface area contributed by atoms with Crippen molar-refractivity contribution < 1.29 is 4.79 Å². The summed E-state index contributed by atoms with van der Waals surface area (Å²) in [7, 11) is 0. The summed E-state index contributed by atoms with van der Waals surface area (Å²) in [5, 5.41) is 7.55. The van der Waals surface area contributed by atoms with E-state index in [1.54, 1.807) is 18.2 Å². The Morgan fingerprint density at radius 2 is 2.30 bits per heavy atom. The van der Waals surface area contributed by atoms with Crippen LogP contribution in [-0.2, 0) is 11.2 Å². The third-order valence-corrected chi connectivity index (χ3v) is 3.86. The summed E-state index contributed by atoms with van der Waals surface area (Å²) in [5.74, 6) is -0.222. The van der Waals surface area contributed by atoms with Crippen molar-refractivity contribution in [2.45, 2.75) is 13.3 Å². The highest BCUT2D eigenvalue weighted by Crippen LogP contribution is 2.19. The fourth-order valence-electron chi connectivity index (χ4n) is 1.44. The summed E-state index contributed by atoms with van der Waals surface area (Å²) < 4.78 is 0. The average Bonchev–Trinajstić information content (AvgIpc) is 2.77. The number of nitrogens with zero attached hydrogens (tertiary/aromatic N) is 2. The van der Waals surface area contributed by atoms with Gasteiger partial charge in [0.1, 0.15) is 5.01 Å². The van der Waals surface area contributed by atoms with Gasteiger partial charge in [0, 0.05) is 21.7 Å². The summed E-state index contributed by atoms with van der Waals surface area (Å²) >= 11 is 13.2. The lowest BCUT2D eigenvalue weighted by Gasteiger charge is -1.99. The van der Waals surface area contributed by atoms with Gasteiger partial charge in [0.15, 0.2) is 0 Å². The molecule has 1 N–H and O–H groups in total. The minimum Gasteiger partial charge on any atom is -0.273 e. The molecule has 1 heterocycles. The van der Waals surface area contributed by atoms with Crippen LogP contribution in [-0.4, -0.2) is 17.1 Å². The van der Waals surface area contributed by atoms with E-state index in [1.807, 2.05) is 12.3 Å². The third-order valence-electron chi connectivity index (χ3n) is 2.33. The van der Waals surface area contributed by atoms with E-state index in [9.17, 15) is 4.79 Å². The molecular weight excluding hydrogens is 317 g/mol. The van der Waals surface area contributed by atoms with E-state index in [2.05, 4.69) is 15.5 Å². The molecule has 0 radical (unpaired) electrons. The number of hydrogen-bond donors (Lipinski definition) is 1. The van der Waals surface area contributed by atoms with Crippen LogP contribution in [0.5, 0.6) is 0 Å². The SMILES string of the molecule is Cc1csc(CC(=O)N/N=C\c2ccc(Cl)cc2Cl)n1. The summed E-state index contributed by atoms with van der Waals surface area (Å²) in [5.41, 5.74) is 4.03. The van der Waals surface area contributed by atoms with E-state index in [-0.39, 0.29) is 12.3 Å². The Hall–Kier alpha value is -1.43. The van der Waals surface area contributed by atoms with Crippen LogP contribution < -0.4 is 5.43 Å². The lowest BCUT2D eigenvalue weighted by molar-refractivity contribution is -0.120. The first-order valence-electron chi connectivity index (χ1n) is 5.72. The number of carbonyl (C=O) groups excluding carboxylic acids is 1. The third kappa shape index (κ3) is 4.30. The predicted octanol–water partition coefficient (Wildman–Crippen LogP) is 3.45. The number of nitrogens with one attached hydrogen (secondary N) is 1. The Bertz CT molecular complexity index is 655. The molecule has 0 saturated carbocycles. The van der Waals surface area contributed by atoms with Crippen molar-refractivity contribution in [2.24, 2.45) is 5.10 Å². The molecule has 7 heteroatoms. The Balaban J connectivity index is 1.91. The van der Waals surface area contributed by atoms with E-state index in [0.717, 1.165) is 10.7 Å². The first-order chi connectivity index (χ1) is 9.54. The molecule has 0 spiro atoms. The molecule has 2 aromatic rings. The van der Waals surface area contributed by atoms with Crippen molar-refractivity contribution >= 4 is 46.7 Å². The number of carbonyl (C=O) groups is 1. The molecule has 1 aromatic carbocycles. The van der Waals surface area contributed by atoms with Crippen LogP contribution in [0.1, 0.15) is 16.3 Å². The summed E-state index contributed by atoms with van der Waals surface area (Å²) in [6.45, 7) is 1.89. The zero-order chi connectivity index (χ0) is 14.5. The number of thiazole rings is 1. The minimum atomic E-state index is -0.222. The molecule has 20 heavy (non-hydrogen) atoms. The fraction of sp³-hybridized carbons (Fsp3) is 0.154. The second kappa shape index (κ2) is 6.83. The molecular formula is C13H11Cl2N3OS. The average molecular weight is 328 g/mol. The maximum absolute atomic E-state index is 11.6. The maximum atomic E-state index is 11.6. The van der Waals surface area contributed by atoms with Crippen LogP contribution in [0.2, 0.25) is 10.0 Å². The van der Waals surface area contributed by atoms with Crippen LogP contribution in [0.25, 0.3) is 0 Å². The number of aromatic nitrogens is 1. The van der Waals surface area contributed by atoms with Gasteiger partial charge in [0.25, 0.3) is 0 Å². The van der Waals surface area contributed by atoms with E-state index in [0.29, 0.717) is 15.6 Å². The monoisotopic (exact) mass is 327 g/mol. The number of hydrogen-bond acceptors (Lipinski definition) is 4. The Morgan fingerprint density at radius 3 is 2.95 bits per heavy atom. The molecule has 0 atom stereocenters. The first-order valence-corrected chi connectivity index (χ1v) is 7.36. The number of aryl methyl sites for hydroxylation is 1. The number of amides is 1. The van der Waals surface area contributed by atoms with Crippen LogP contribution in [0.4, 0.5) is 0 Å². The van der Waals surface area contributed by atoms with Crippen molar-refractivity contribution in [1.82, 2.24) is 10.4 Å². The van der Waals surface area contributed by atoms with Gasteiger partial charge in [0.05, 0.1) is 17.7 Å². The van der Waals surface area contributed by atoms with E-state index in [4.69, 9.17) is 23.2 Å². The molecule has 4 nitrogen and oxygen atoms in total. The molecule has 1 amide bonds. The van der Waals surface area contributed by atoms with Gasteiger partial charge in [-0.3, -0.25) is 4.79 Å². The maximum Gasteiger partial charge on any atom is 0.246 e. The molecule has 0 unspecified atom stereocenters. The van der Waals surface area contributed by atoms with Crippen molar-refractivity contribution in [2.75, 3.05) is 0 Å². The molecule has 0 aliphatic carbocycles. The van der Waals surface area contributed by atoms with Gasteiger partial charge in [-0.2, -0.15) is 5.10 Å². The standard InChI is InChI=1S/C13H11Cl2N3OS/c1-8-7-20-13(17-8)5-12(19)18-16-6-9-2-3-10(14)4-11(9)15/h2-4,6-7H,5H2,1H3,(H,18,19)/b16-6-. The predicted molar refractivity (Wildman–Crippen MR) is 82.8 cm³/mol. The van der Waals surface area contributed by atoms with Crippen molar-refractivity contribution in [1.29, 1.82) is 0 Å². The quantitative estimate of drug-likeness (QED) is 0.690. The second-order valence-electron chi connectivity index (χ2n) is 4.02. The number of hydrazone groups is 1. The highest BCUT2D eigenvalue weighted by atomic mass is 35.5. The molecule has 0 aliphatic rings. The van der Waals surface area contributed by atoms with E-state index >= 15 is 0 Å². The van der Waals surface area contributed by atoms with E-state index < -0.39 is 0 Å². The topological polar surface area (TPSA) is 54.4 Å². The smallest absolute Gasteiger partial charge is 0.246 e. The molecule has 104 valence electrons. The van der Waals surface area contributed by atoms with Crippen LogP contribution in [0.15, 0.2) is 28.7 Å². The number of halogens is 2. The van der Waals surface area contributed by atoms with Crippen LogP contribution in [0.3, 0.4) is 0 Å². The van der Waals surface area contributed by atoms with Crippen molar-refractivity contribution in [3.8, 4) is 0 Å². The molecule has 0 aliphatic heterocycles. The lowest BCUT2D eigenvalue weighted by Crippen LogP contribution is -2.19. The molecule has 0 bridgehead atoms. The van der Waals surface area contributed by atoms with Gasteiger partial charge in [-0.05, 0) is 19.1 Å². The van der Waals surface area contributed by atoms with Crippen LogP contribution in [0, 0.1) is 6.92 Å². The Kier molecular flexibility index (Phi) is 5.11. The van der Waals surface area contributed by atoms with Crippen molar-refractivity contribution in [3.05, 3.63) is 49.9 Å². The molecule has 1 aromatic heterocycles. The molecule has 2 rings (SSSR count). The normalized spacial score (nSPS) is 10.9. The van der Waals surface area contributed by atoms with Gasteiger partial charge in [-0.15, -0.1) is 11.3 Å². The summed E-state index contributed by atoms with van der Waals surface area (Å²) in [4.78, 5) is 15.8. The number of rotatable bonds is 4. The zero-order valence-electron chi connectivity index (χ0n) is 10.6. The van der Waals surface area contributed by atoms with Gasteiger partial charge < -0.3 is 0 Å². The lowest BCUT2D eigenvalue weighted by atomic mass is 10.2. The van der Waals surface area contributed by atoms with Gasteiger partial charge >= 0.3 is 0 Å². The van der Waals surface area contributed by atoms with Gasteiger partial charge in [-0.1, -0.05) is 29.3 Å². The van der Waals surface area contributed by atoms with E-state index in [1.165, 1.54) is 17.6 Å². The number of benzene rings is 1. The zero-order valence-corrected chi connectivity index (χ0v) is 12.9. The minimum absolute atomic E-state index is 0.212. The summed E-state index contributed by atoms with van der Waals surface area (Å²) in [6.07, 6.45) is 1.69. The van der Waals surface area contributed by atoms with Gasteiger partial charge in [-0.25, -0.2) is 10.4 Å². The Labute approximate surface area is 130 Å².